The van der Waals surface area contributed by atoms with E-state index >= 15 is 0 Å². The van der Waals surface area contributed by atoms with Crippen LogP contribution in [0.5, 0.6) is 0 Å². The van der Waals surface area contributed by atoms with E-state index in [-0.39, 0.29) is 12.5 Å². The largest absolute Gasteiger partial charge is 0.394 e. The fourth-order valence-electron chi connectivity index (χ4n) is 7.72. The summed E-state index contributed by atoms with van der Waals surface area (Å²) in [6.45, 7) is 4.39. The van der Waals surface area contributed by atoms with Crippen molar-refractivity contribution < 1.29 is 15.0 Å². The van der Waals surface area contributed by atoms with E-state index < -0.39 is 12.1 Å². The maximum absolute atomic E-state index is 12.4. The summed E-state index contributed by atoms with van der Waals surface area (Å²) in [6, 6.07) is -0.529. The minimum atomic E-state index is -0.653. The molecule has 4 nitrogen and oxygen atoms in total. The summed E-state index contributed by atoms with van der Waals surface area (Å²) in [5.74, 6) is -0.0246. The Balaban J connectivity index is 3.44. The Kier molecular flexibility index (Phi) is 43.3. The van der Waals surface area contributed by atoms with Gasteiger partial charge in [-0.15, -0.1) is 0 Å². The molecule has 0 aromatic heterocycles. The predicted octanol–water partition coefficient (Wildman–Crippen LogP) is 14.9. The second-order valence-corrected chi connectivity index (χ2v) is 16.5. The van der Waals surface area contributed by atoms with Crippen molar-refractivity contribution in [3.05, 3.63) is 0 Å². The number of aliphatic hydroxyl groups excluding tert-OH is 2. The minimum Gasteiger partial charge on any atom is -0.394 e. The standard InChI is InChI=1S/C47H95NO3/c1-3-5-7-9-11-13-15-17-19-21-23-24-25-26-28-30-32-34-36-38-40-42-46(50)45(44-49)48-47(51)43-41-39-37-35-33-31-29-27-22-20-18-16-14-12-10-8-6-4-2/h45-46,49-50H,3-44H2,1-2H3,(H,48,51). The van der Waals surface area contributed by atoms with Crippen LogP contribution in [0.15, 0.2) is 0 Å². The highest BCUT2D eigenvalue weighted by molar-refractivity contribution is 5.76. The Hall–Kier alpha value is -0.610. The molecule has 4 heteroatoms. The van der Waals surface area contributed by atoms with E-state index in [1.54, 1.807) is 0 Å². The second kappa shape index (κ2) is 43.8. The van der Waals surface area contributed by atoms with E-state index in [0.29, 0.717) is 12.8 Å². The third-order valence-corrected chi connectivity index (χ3v) is 11.4. The zero-order valence-electron chi connectivity index (χ0n) is 35.2. The SMILES string of the molecule is CCCCCCCCCCCCCCCCCCCCCCCC(O)C(CO)NC(=O)CCCCCCCCCCCCCCCCCCCC. The molecule has 0 aromatic carbocycles. The molecular weight excluding hydrogens is 627 g/mol. The molecule has 0 rings (SSSR count). The van der Waals surface area contributed by atoms with Gasteiger partial charge in [-0.1, -0.05) is 258 Å². The number of nitrogens with one attached hydrogen (secondary N) is 1. The molecule has 1 amide bonds. The zero-order chi connectivity index (χ0) is 37.1. The molecule has 0 fully saturated rings. The Morgan fingerprint density at radius 3 is 0.882 bits per heavy atom. The van der Waals surface area contributed by atoms with Crippen LogP contribution in [0.3, 0.4) is 0 Å². The van der Waals surface area contributed by atoms with Crippen LogP contribution >= 0.6 is 0 Å². The molecule has 0 aliphatic carbocycles. The molecule has 0 radical (unpaired) electrons. The third-order valence-electron chi connectivity index (χ3n) is 11.4. The molecule has 0 aliphatic rings. The molecule has 3 N–H and O–H groups in total. The molecule has 2 atom stereocenters. The van der Waals surface area contributed by atoms with E-state index in [4.69, 9.17) is 0 Å². The molecule has 0 bridgehead atoms. The van der Waals surface area contributed by atoms with E-state index in [2.05, 4.69) is 19.2 Å². The fourth-order valence-corrected chi connectivity index (χ4v) is 7.72. The quantitative estimate of drug-likeness (QED) is 0.0549. The van der Waals surface area contributed by atoms with Gasteiger partial charge in [-0.05, 0) is 12.8 Å². The smallest absolute Gasteiger partial charge is 0.220 e. The number of hydrogen-bond acceptors (Lipinski definition) is 3. The van der Waals surface area contributed by atoms with Gasteiger partial charge in [0, 0.05) is 6.42 Å². The third kappa shape index (κ3) is 40.4. The van der Waals surface area contributed by atoms with Crippen LogP contribution in [0.2, 0.25) is 0 Å². The Morgan fingerprint density at radius 2 is 0.627 bits per heavy atom. The summed E-state index contributed by atoms with van der Waals surface area (Å²) >= 11 is 0. The van der Waals surface area contributed by atoms with E-state index in [0.717, 1.165) is 25.7 Å². The van der Waals surface area contributed by atoms with Gasteiger partial charge in [0.25, 0.3) is 0 Å². The number of rotatable bonds is 44. The van der Waals surface area contributed by atoms with Gasteiger partial charge in [0.1, 0.15) is 0 Å². The van der Waals surface area contributed by atoms with Crippen LogP contribution < -0.4 is 5.32 Å². The average molecular weight is 722 g/mol. The highest BCUT2D eigenvalue weighted by Gasteiger charge is 2.20. The minimum absolute atomic E-state index is 0.0246. The Labute approximate surface area is 321 Å². The van der Waals surface area contributed by atoms with E-state index in [1.807, 2.05) is 0 Å². The molecule has 0 saturated carbocycles. The van der Waals surface area contributed by atoms with Gasteiger partial charge in [-0.25, -0.2) is 0 Å². The van der Waals surface area contributed by atoms with Crippen molar-refractivity contribution in [3.63, 3.8) is 0 Å². The van der Waals surface area contributed by atoms with Gasteiger partial charge in [0.05, 0.1) is 18.8 Å². The van der Waals surface area contributed by atoms with Gasteiger partial charge >= 0.3 is 0 Å². The van der Waals surface area contributed by atoms with Crippen molar-refractivity contribution in [1.82, 2.24) is 5.32 Å². The van der Waals surface area contributed by atoms with Crippen molar-refractivity contribution >= 4 is 5.91 Å². The molecule has 2 unspecified atom stereocenters. The lowest BCUT2D eigenvalue weighted by Crippen LogP contribution is -2.45. The number of carbonyl (C=O) groups is 1. The molecule has 306 valence electrons. The summed E-state index contributed by atoms with van der Waals surface area (Å²) in [4.78, 5) is 12.4. The van der Waals surface area contributed by atoms with Gasteiger partial charge < -0.3 is 15.5 Å². The van der Waals surface area contributed by atoms with Gasteiger partial charge in [-0.2, -0.15) is 0 Å². The van der Waals surface area contributed by atoms with E-state index in [1.165, 1.54) is 225 Å². The molecule has 51 heavy (non-hydrogen) atoms. The Morgan fingerprint density at radius 1 is 0.392 bits per heavy atom. The lowest BCUT2D eigenvalue weighted by atomic mass is 10.0. The number of hydrogen-bond donors (Lipinski definition) is 3. The first-order valence-corrected chi connectivity index (χ1v) is 23.7. The summed E-state index contributed by atoms with van der Waals surface area (Å²) in [5, 5.41) is 23.2. The molecule has 0 heterocycles. The lowest BCUT2D eigenvalue weighted by Gasteiger charge is -2.22. The monoisotopic (exact) mass is 722 g/mol. The first kappa shape index (κ1) is 50.4. The summed E-state index contributed by atoms with van der Waals surface area (Å²) in [6.07, 6.45) is 53.3. The number of unbranched alkanes of at least 4 members (excludes halogenated alkanes) is 37. The second-order valence-electron chi connectivity index (χ2n) is 16.5. The van der Waals surface area contributed by atoms with Crippen LogP contribution in [0, 0.1) is 0 Å². The van der Waals surface area contributed by atoms with Crippen molar-refractivity contribution in [2.75, 3.05) is 6.61 Å². The summed E-state index contributed by atoms with van der Waals surface area (Å²) < 4.78 is 0. The highest BCUT2D eigenvalue weighted by atomic mass is 16.3. The Bertz CT molecular complexity index is 655. The molecule has 0 aliphatic heterocycles. The van der Waals surface area contributed by atoms with Crippen molar-refractivity contribution in [3.8, 4) is 0 Å². The van der Waals surface area contributed by atoms with Crippen LogP contribution in [-0.4, -0.2) is 34.9 Å². The molecule has 0 spiro atoms. The van der Waals surface area contributed by atoms with Crippen LogP contribution in [0.25, 0.3) is 0 Å². The predicted molar refractivity (Wildman–Crippen MR) is 226 cm³/mol. The first-order valence-electron chi connectivity index (χ1n) is 23.7. The summed E-state index contributed by atoms with van der Waals surface area (Å²) in [5.41, 5.74) is 0. The molecular formula is C47H95NO3. The first-order chi connectivity index (χ1) is 25.2. The average Bonchev–Trinajstić information content (AvgIpc) is 3.13. The number of amides is 1. The normalized spacial score (nSPS) is 12.8. The highest BCUT2D eigenvalue weighted by Crippen LogP contribution is 2.17. The summed E-state index contributed by atoms with van der Waals surface area (Å²) in [7, 11) is 0. The van der Waals surface area contributed by atoms with E-state index in [9.17, 15) is 15.0 Å². The lowest BCUT2D eigenvalue weighted by molar-refractivity contribution is -0.123. The van der Waals surface area contributed by atoms with Gasteiger partial charge in [0.2, 0.25) is 5.91 Å². The van der Waals surface area contributed by atoms with Crippen LogP contribution in [-0.2, 0) is 4.79 Å². The zero-order valence-corrected chi connectivity index (χ0v) is 35.2. The number of aliphatic hydroxyl groups is 2. The van der Waals surface area contributed by atoms with Crippen LogP contribution in [0.1, 0.15) is 277 Å². The van der Waals surface area contributed by atoms with Crippen LogP contribution in [0.4, 0.5) is 0 Å². The van der Waals surface area contributed by atoms with Crippen molar-refractivity contribution in [2.24, 2.45) is 0 Å². The fraction of sp³-hybridized carbons (Fsp3) is 0.979. The molecule has 0 aromatic rings. The maximum Gasteiger partial charge on any atom is 0.220 e. The van der Waals surface area contributed by atoms with Gasteiger partial charge in [0.15, 0.2) is 0 Å². The topological polar surface area (TPSA) is 69.6 Å². The van der Waals surface area contributed by atoms with Gasteiger partial charge in [-0.3, -0.25) is 4.79 Å². The number of carbonyl (C=O) groups excluding carboxylic acids is 1. The molecule has 0 saturated heterocycles. The maximum atomic E-state index is 12.4. The van der Waals surface area contributed by atoms with Crippen molar-refractivity contribution in [1.29, 1.82) is 0 Å². The van der Waals surface area contributed by atoms with Crippen molar-refractivity contribution in [2.45, 2.75) is 289 Å².